The smallest absolute Gasteiger partial charge is 0.251 e. The van der Waals surface area contributed by atoms with Crippen LogP contribution in [0.15, 0.2) is 23.3 Å². The van der Waals surface area contributed by atoms with Crippen molar-refractivity contribution in [2.24, 2.45) is 0 Å². The number of aryl methyl sites for hydroxylation is 1. The Labute approximate surface area is 85.8 Å². The van der Waals surface area contributed by atoms with E-state index in [4.69, 9.17) is 5.73 Å². The van der Waals surface area contributed by atoms with Gasteiger partial charge in [-0.2, -0.15) is 0 Å². The summed E-state index contributed by atoms with van der Waals surface area (Å²) in [5.41, 5.74) is 6.13. The van der Waals surface area contributed by atoms with Crippen molar-refractivity contribution < 1.29 is 0 Å². The van der Waals surface area contributed by atoms with Crippen molar-refractivity contribution in [1.82, 2.24) is 19.5 Å². The fourth-order valence-electron chi connectivity index (χ4n) is 1.35. The molecule has 15 heavy (non-hydrogen) atoms. The number of imidazole rings is 1. The molecule has 0 bridgehead atoms. The van der Waals surface area contributed by atoms with Gasteiger partial charge in [-0.25, -0.2) is 9.97 Å². The first kappa shape index (κ1) is 9.45. The third-order valence-electron chi connectivity index (χ3n) is 1.99. The molecule has 6 heteroatoms. The molecule has 0 aliphatic carbocycles. The predicted octanol–water partition coefficient (Wildman–Crippen LogP) is -0.0947. The van der Waals surface area contributed by atoms with Crippen LogP contribution in [0.25, 0.3) is 0 Å². The Kier molecular flexibility index (Phi) is 2.24. The molecule has 3 N–H and O–H groups in total. The summed E-state index contributed by atoms with van der Waals surface area (Å²) in [4.78, 5) is 21.9. The van der Waals surface area contributed by atoms with Gasteiger partial charge in [0.25, 0.3) is 5.56 Å². The number of rotatable bonds is 2. The number of anilines is 1. The maximum atomic E-state index is 11.2. The minimum atomic E-state index is -0.156. The van der Waals surface area contributed by atoms with Crippen LogP contribution in [-0.2, 0) is 6.54 Å². The maximum absolute atomic E-state index is 11.2. The van der Waals surface area contributed by atoms with E-state index in [1.807, 2.05) is 0 Å². The van der Waals surface area contributed by atoms with Gasteiger partial charge < -0.3 is 15.3 Å². The minimum absolute atomic E-state index is 0.156. The predicted molar refractivity (Wildman–Crippen MR) is 55.3 cm³/mol. The van der Waals surface area contributed by atoms with E-state index in [1.54, 1.807) is 23.9 Å². The van der Waals surface area contributed by atoms with Gasteiger partial charge in [0.15, 0.2) is 0 Å². The lowest BCUT2D eigenvalue weighted by Gasteiger charge is -2.04. The summed E-state index contributed by atoms with van der Waals surface area (Å²) >= 11 is 0. The fourth-order valence-corrected chi connectivity index (χ4v) is 1.35. The van der Waals surface area contributed by atoms with E-state index in [1.165, 1.54) is 6.07 Å². The molecule has 6 nitrogen and oxygen atoms in total. The summed E-state index contributed by atoms with van der Waals surface area (Å²) in [6, 6.07) is 1.45. The van der Waals surface area contributed by atoms with Gasteiger partial charge in [-0.15, -0.1) is 0 Å². The van der Waals surface area contributed by atoms with Crippen molar-refractivity contribution in [1.29, 1.82) is 0 Å². The van der Waals surface area contributed by atoms with Crippen molar-refractivity contribution >= 4 is 5.95 Å². The van der Waals surface area contributed by atoms with Crippen LogP contribution in [-0.4, -0.2) is 19.5 Å². The maximum Gasteiger partial charge on any atom is 0.251 e. The number of aromatic amines is 1. The second-order valence-corrected chi connectivity index (χ2v) is 3.25. The molecule has 0 unspecified atom stereocenters. The van der Waals surface area contributed by atoms with Gasteiger partial charge >= 0.3 is 0 Å². The molecule has 2 aromatic rings. The summed E-state index contributed by atoms with van der Waals surface area (Å²) in [7, 11) is 0. The molecule has 0 atom stereocenters. The second-order valence-electron chi connectivity index (χ2n) is 3.25. The highest BCUT2D eigenvalue weighted by Crippen LogP contribution is 2.01. The largest absolute Gasteiger partial charge is 0.369 e. The van der Waals surface area contributed by atoms with Crippen LogP contribution in [0, 0.1) is 6.92 Å². The fraction of sp³-hybridized carbons (Fsp3) is 0.222. The van der Waals surface area contributed by atoms with Crippen molar-refractivity contribution in [2.45, 2.75) is 13.5 Å². The van der Waals surface area contributed by atoms with Gasteiger partial charge in [-0.05, 0) is 6.92 Å². The van der Waals surface area contributed by atoms with E-state index in [0.29, 0.717) is 24.0 Å². The first-order valence-corrected chi connectivity index (χ1v) is 4.48. The van der Waals surface area contributed by atoms with E-state index in [-0.39, 0.29) is 5.56 Å². The number of hydrogen-bond donors (Lipinski definition) is 2. The topological polar surface area (TPSA) is 89.6 Å². The standard InChI is InChI=1S/C9H11N5O/c1-6-4-8(15)13-7(12-6)5-14-3-2-11-9(14)10/h2-4H,5H2,1H3,(H2,10,11)(H,12,13,15). The Morgan fingerprint density at radius 3 is 3.00 bits per heavy atom. The zero-order chi connectivity index (χ0) is 10.8. The van der Waals surface area contributed by atoms with Gasteiger partial charge in [-0.3, -0.25) is 4.79 Å². The number of nitrogen functional groups attached to an aromatic ring is 1. The van der Waals surface area contributed by atoms with Crippen LogP contribution >= 0.6 is 0 Å². The first-order chi connectivity index (χ1) is 7.15. The molecule has 2 rings (SSSR count). The van der Waals surface area contributed by atoms with Gasteiger partial charge in [0.1, 0.15) is 5.82 Å². The Morgan fingerprint density at radius 1 is 1.60 bits per heavy atom. The average Bonchev–Trinajstić information content (AvgIpc) is 2.50. The quantitative estimate of drug-likeness (QED) is 0.716. The number of hydrogen-bond acceptors (Lipinski definition) is 4. The molecule has 0 fully saturated rings. The van der Waals surface area contributed by atoms with E-state index in [2.05, 4.69) is 15.0 Å². The Balaban J connectivity index is 2.32. The molecule has 0 aliphatic heterocycles. The zero-order valence-corrected chi connectivity index (χ0v) is 8.27. The first-order valence-electron chi connectivity index (χ1n) is 4.48. The zero-order valence-electron chi connectivity index (χ0n) is 8.27. The number of nitrogens with two attached hydrogens (primary N) is 1. The van der Waals surface area contributed by atoms with E-state index in [0.717, 1.165) is 0 Å². The number of nitrogens with one attached hydrogen (secondary N) is 1. The summed E-state index contributed by atoms with van der Waals surface area (Å²) in [5, 5.41) is 0. The molecule has 0 aromatic carbocycles. The molecule has 0 aliphatic rings. The average molecular weight is 205 g/mol. The van der Waals surface area contributed by atoms with Crippen LogP contribution in [0.4, 0.5) is 5.95 Å². The summed E-state index contributed by atoms with van der Waals surface area (Å²) < 4.78 is 1.71. The third-order valence-corrected chi connectivity index (χ3v) is 1.99. The lowest BCUT2D eigenvalue weighted by Crippen LogP contribution is -2.14. The summed E-state index contributed by atoms with van der Waals surface area (Å²) in [5.74, 6) is 0.976. The van der Waals surface area contributed by atoms with E-state index in [9.17, 15) is 4.79 Å². The summed E-state index contributed by atoms with van der Waals surface area (Å²) in [6.45, 7) is 2.19. The van der Waals surface area contributed by atoms with Crippen LogP contribution in [0.3, 0.4) is 0 Å². The van der Waals surface area contributed by atoms with Gasteiger partial charge in [0.05, 0.1) is 6.54 Å². The minimum Gasteiger partial charge on any atom is -0.369 e. The second kappa shape index (κ2) is 3.56. The molecule has 78 valence electrons. The molecule has 0 amide bonds. The Hall–Kier alpha value is -2.11. The van der Waals surface area contributed by atoms with Gasteiger partial charge in [-0.1, -0.05) is 0 Å². The normalized spacial score (nSPS) is 10.5. The highest BCUT2D eigenvalue weighted by atomic mass is 16.1. The van der Waals surface area contributed by atoms with Crippen LogP contribution in [0.2, 0.25) is 0 Å². The molecule has 0 spiro atoms. The van der Waals surface area contributed by atoms with Gasteiger partial charge in [0, 0.05) is 24.2 Å². The van der Waals surface area contributed by atoms with Gasteiger partial charge in [0.2, 0.25) is 5.95 Å². The number of H-pyrrole nitrogens is 1. The molecule has 2 aromatic heterocycles. The lowest BCUT2D eigenvalue weighted by atomic mass is 10.4. The van der Waals surface area contributed by atoms with E-state index >= 15 is 0 Å². The lowest BCUT2D eigenvalue weighted by molar-refractivity contribution is 0.742. The molecule has 0 saturated carbocycles. The Bertz CT molecular complexity index is 527. The van der Waals surface area contributed by atoms with Crippen LogP contribution in [0.5, 0.6) is 0 Å². The Morgan fingerprint density at radius 2 is 2.40 bits per heavy atom. The third kappa shape index (κ3) is 2.04. The monoisotopic (exact) mass is 205 g/mol. The van der Waals surface area contributed by atoms with E-state index < -0.39 is 0 Å². The van der Waals surface area contributed by atoms with Crippen LogP contribution < -0.4 is 11.3 Å². The van der Waals surface area contributed by atoms with Crippen molar-refractivity contribution in [3.05, 3.63) is 40.3 Å². The molecule has 0 saturated heterocycles. The molecular weight excluding hydrogens is 194 g/mol. The molecule has 2 heterocycles. The summed E-state index contributed by atoms with van der Waals surface area (Å²) in [6.07, 6.45) is 3.33. The highest BCUT2D eigenvalue weighted by Gasteiger charge is 2.02. The molecule has 0 radical (unpaired) electrons. The highest BCUT2D eigenvalue weighted by molar-refractivity contribution is 5.18. The SMILES string of the molecule is Cc1cc(=O)[nH]c(Cn2ccnc2N)n1. The van der Waals surface area contributed by atoms with Crippen molar-refractivity contribution in [3.8, 4) is 0 Å². The number of nitrogens with zero attached hydrogens (tertiary/aromatic N) is 3. The molecular formula is C9H11N5O. The van der Waals surface area contributed by atoms with Crippen molar-refractivity contribution in [3.63, 3.8) is 0 Å². The van der Waals surface area contributed by atoms with Crippen molar-refractivity contribution in [2.75, 3.05) is 5.73 Å². The number of aromatic nitrogens is 4. The van der Waals surface area contributed by atoms with Crippen LogP contribution in [0.1, 0.15) is 11.5 Å².